The predicted molar refractivity (Wildman–Crippen MR) is 92.1 cm³/mol. The summed E-state index contributed by atoms with van der Waals surface area (Å²) in [5.41, 5.74) is 1.61. The second-order valence-electron chi connectivity index (χ2n) is 5.41. The lowest BCUT2D eigenvalue weighted by Crippen LogP contribution is -2.28. The Morgan fingerprint density at radius 3 is 2.75 bits per heavy atom. The van der Waals surface area contributed by atoms with Gasteiger partial charge in [0, 0.05) is 24.3 Å². The topological polar surface area (TPSA) is 61.2 Å². The number of pyridine rings is 2. The van der Waals surface area contributed by atoms with E-state index in [1.54, 1.807) is 36.0 Å². The molecule has 0 saturated heterocycles. The first-order valence-corrected chi connectivity index (χ1v) is 7.89. The van der Waals surface area contributed by atoms with Gasteiger partial charge in [-0.1, -0.05) is 30.3 Å². The standard InChI is InChI=1S/C19H18N2O3/c1-2-24-19(23)16-12-15-13-20-10-8-17(15)21(18(16)22)11-9-14-6-4-3-5-7-14/h3-8,10,12-13H,2,9,11H2,1H3. The van der Waals surface area contributed by atoms with Crippen LogP contribution in [-0.4, -0.2) is 22.1 Å². The molecule has 0 aliphatic carbocycles. The van der Waals surface area contributed by atoms with Crippen molar-refractivity contribution in [1.29, 1.82) is 0 Å². The van der Waals surface area contributed by atoms with Gasteiger partial charge >= 0.3 is 5.97 Å². The average Bonchev–Trinajstić information content (AvgIpc) is 2.61. The van der Waals surface area contributed by atoms with Gasteiger partial charge in [-0.25, -0.2) is 4.79 Å². The summed E-state index contributed by atoms with van der Waals surface area (Å²) in [4.78, 5) is 28.9. The van der Waals surface area contributed by atoms with Crippen molar-refractivity contribution in [2.24, 2.45) is 0 Å². The van der Waals surface area contributed by atoms with Gasteiger partial charge in [-0.05, 0) is 31.0 Å². The zero-order valence-corrected chi connectivity index (χ0v) is 13.4. The molecular formula is C19H18N2O3. The van der Waals surface area contributed by atoms with E-state index < -0.39 is 5.97 Å². The van der Waals surface area contributed by atoms with E-state index >= 15 is 0 Å². The fourth-order valence-corrected chi connectivity index (χ4v) is 2.69. The van der Waals surface area contributed by atoms with Gasteiger partial charge in [0.25, 0.3) is 5.56 Å². The molecule has 0 unspecified atom stereocenters. The lowest BCUT2D eigenvalue weighted by Gasteiger charge is -2.12. The van der Waals surface area contributed by atoms with E-state index in [1.807, 2.05) is 30.3 Å². The van der Waals surface area contributed by atoms with Crippen LogP contribution in [-0.2, 0) is 17.7 Å². The minimum atomic E-state index is -0.596. The highest BCUT2D eigenvalue weighted by molar-refractivity contribution is 5.93. The molecule has 5 nitrogen and oxygen atoms in total. The molecule has 2 heterocycles. The summed E-state index contributed by atoms with van der Waals surface area (Å²) < 4.78 is 6.62. The number of aryl methyl sites for hydroxylation is 2. The fraction of sp³-hybridized carbons (Fsp3) is 0.211. The Morgan fingerprint density at radius 1 is 1.21 bits per heavy atom. The first kappa shape index (κ1) is 15.9. The molecule has 122 valence electrons. The van der Waals surface area contributed by atoms with Crippen LogP contribution in [0.1, 0.15) is 22.8 Å². The first-order chi connectivity index (χ1) is 11.7. The number of hydrogen-bond acceptors (Lipinski definition) is 4. The Hall–Kier alpha value is -2.95. The molecule has 0 aliphatic heterocycles. The number of aromatic nitrogens is 2. The molecule has 0 saturated carbocycles. The molecule has 5 heteroatoms. The van der Waals surface area contributed by atoms with Gasteiger partial charge < -0.3 is 9.30 Å². The van der Waals surface area contributed by atoms with Crippen molar-refractivity contribution >= 4 is 16.9 Å². The van der Waals surface area contributed by atoms with Gasteiger partial charge in [0.05, 0.1) is 12.1 Å². The zero-order chi connectivity index (χ0) is 16.9. The van der Waals surface area contributed by atoms with E-state index in [0.29, 0.717) is 13.0 Å². The van der Waals surface area contributed by atoms with Gasteiger partial charge in [-0.3, -0.25) is 9.78 Å². The molecular weight excluding hydrogens is 304 g/mol. The largest absolute Gasteiger partial charge is 0.462 e. The van der Waals surface area contributed by atoms with Crippen LogP contribution in [0, 0.1) is 0 Å². The van der Waals surface area contributed by atoms with Crippen LogP contribution < -0.4 is 5.56 Å². The van der Waals surface area contributed by atoms with Gasteiger partial charge in [0.1, 0.15) is 5.56 Å². The Labute approximate surface area is 139 Å². The second-order valence-corrected chi connectivity index (χ2v) is 5.41. The SMILES string of the molecule is CCOC(=O)c1cc2cnccc2n(CCc2ccccc2)c1=O. The monoisotopic (exact) mass is 322 g/mol. The molecule has 0 amide bonds. The van der Waals surface area contributed by atoms with Crippen molar-refractivity contribution in [1.82, 2.24) is 9.55 Å². The van der Waals surface area contributed by atoms with Gasteiger partial charge in [-0.2, -0.15) is 0 Å². The molecule has 1 aromatic carbocycles. The molecule has 0 aliphatic rings. The number of hydrogen-bond donors (Lipinski definition) is 0. The minimum Gasteiger partial charge on any atom is -0.462 e. The van der Waals surface area contributed by atoms with Crippen LogP contribution in [0.15, 0.2) is 59.7 Å². The summed E-state index contributed by atoms with van der Waals surface area (Å²) in [7, 11) is 0. The van der Waals surface area contributed by atoms with Gasteiger partial charge in [0.2, 0.25) is 0 Å². The highest BCUT2D eigenvalue weighted by Gasteiger charge is 2.16. The van der Waals surface area contributed by atoms with Gasteiger partial charge in [-0.15, -0.1) is 0 Å². The van der Waals surface area contributed by atoms with Crippen LogP contribution in [0.25, 0.3) is 10.9 Å². The quantitative estimate of drug-likeness (QED) is 0.678. The lowest BCUT2D eigenvalue weighted by atomic mass is 10.1. The molecule has 3 rings (SSSR count). The smallest absolute Gasteiger partial charge is 0.343 e. The maximum absolute atomic E-state index is 12.8. The van der Waals surface area contributed by atoms with E-state index in [1.165, 1.54) is 0 Å². The van der Waals surface area contributed by atoms with Gasteiger partial charge in [0.15, 0.2) is 0 Å². The molecule has 0 spiro atoms. The normalized spacial score (nSPS) is 10.7. The number of nitrogens with zero attached hydrogens (tertiary/aromatic N) is 2. The first-order valence-electron chi connectivity index (χ1n) is 7.89. The maximum Gasteiger partial charge on any atom is 0.343 e. The molecule has 0 fully saturated rings. The van der Waals surface area contributed by atoms with E-state index in [4.69, 9.17) is 4.74 Å². The Morgan fingerprint density at radius 2 is 2.00 bits per heavy atom. The predicted octanol–water partition coefficient (Wildman–Crippen LogP) is 2.82. The minimum absolute atomic E-state index is 0.0467. The number of ether oxygens (including phenoxy) is 1. The Balaban J connectivity index is 2.05. The summed E-state index contributed by atoms with van der Waals surface area (Å²) in [6.07, 6.45) is 3.99. The molecule has 3 aromatic rings. The van der Waals surface area contributed by atoms with E-state index in [0.717, 1.165) is 16.5 Å². The average molecular weight is 322 g/mol. The van der Waals surface area contributed by atoms with Crippen molar-refractivity contribution in [3.05, 3.63) is 76.3 Å². The Kier molecular flexibility index (Phi) is 4.70. The molecule has 0 radical (unpaired) electrons. The molecule has 0 N–H and O–H groups in total. The third-order valence-electron chi connectivity index (χ3n) is 3.86. The van der Waals surface area contributed by atoms with Crippen molar-refractivity contribution in [2.45, 2.75) is 19.9 Å². The number of carbonyl (C=O) groups is 1. The highest BCUT2D eigenvalue weighted by Crippen LogP contribution is 2.14. The van der Waals surface area contributed by atoms with Crippen molar-refractivity contribution < 1.29 is 9.53 Å². The third-order valence-corrected chi connectivity index (χ3v) is 3.86. The van der Waals surface area contributed by atoms with Crippen LogP contribution in [0.4, 0.5) is 0 Å². The van der Waals surface area contributed by atoms with Crippen molar-refractivity contribution in [3.63, 3.8) is 0 Å². The fourth-order valence-electron chi connectivity index (χ4n) is 2.69. The molecule has 0 atom stereocenters. The number of carbonyl (C=O) groups excluding carboxylic acids is 1. The van der Waals surface area contributed by atoms with E-state index in [2.05, 4.69) is 4.98 Å². The van der Waals surface area contributed by atoms with Crippen molar-refractivity contribution in [2.75, 3.05) is 6.61 Å². The third kappa shape index (κ3) is 3.20. The highest BCUT2D eigenvalue weighted by atomic mass is 16.5. The van der Waals surface area contributed by atoms with Crippen LogP contribution in [0.2, 0.25) is 0 Å². The Bertz CT molecular complexity index is 917. The van der Waals surface area contributed by atoms with Crippen LogP contribution in [0.5, 0.6) is 0 Å². The summed E-state index contributed by atoms with van der Waals surface area (Å²) in [5, 5.41) is 0.744. The van der Waals surface area contributed by atoms with Crippen molar-refractivity contribution in [3.8, 4) is 0 Å². The molecule has 2 aromatic heterocycles. The maximum atomic E-state index is 12.8. The van der Waals surface area contributed by atoms with Crippen LogP contribution in [0.3, 0.4) is 0 Å². The number of esters is 1. The molecule has 24 heavy (non-hydrogen) atoms. The van der Waals surface area contributed by atoms with E-state index in [9.17, 15) is 9.59 Å². The summed E-state index contributed by atoms with van der Waals surface area (Å²) in [6.45, 7) is 2.43. The second kappa shape index (κ2) is 7.08. The molecule has 0 bridgehead atoms. The summed E-state index contributed by atoms with van der Waals surface area (Å²) in [5.74, 6) is -0.596. The number of fused-ring (bicyclic) bond motifs is 1. The summed E-state index contributed by atoms with van der Waals surface area (Å²) in [6, 6.07) is 13.3. The van der Waals surface area contributed by atoms with Crippen LogP contribution >= 0.6 is 0 Å². The summed E-state index contributed by atoms with van der Waals surface area (Å²) >= 11 is 0. The van der Waals surface area contributed by atoms with E-state index in [-0.39, 0.29) is 17.7 Å². The number of rotatable bonds is 5. The number of benzene rings is 1. The lowest BCUT2D eigenvalue weighted by molar-refractivity contribution is 0.0524. The zero-order valence-electron chi connectivity index (χ0n) is 13.4.